The lowest BCUT2D eigenvalue weighted by Crippen LogP contribution is -2.15. The predicted molar refractivity (Wildman–Crippen MR) is 52.0 cm³/mol. The largest absolute Gasteiger partial charge is 0.391 e. The Labute approximate surface area is 80.6 Å². The number of anilines is 1. The van der Waals surface area contributed by atoms with Gasteiger partial charge in [-0.15, -0.1) is 0 Å². The van der Waals surface area contributed by atoms with Crippen LogP contribution in [0.1, 0.15) is 11.8 Å². The van der Waals surface area contributed by atoms with Crippen LogP contribution in [0.2, 0.25) is 5.15 Å². The third-order valence-corrected chi connectivity index (χ3v) is 3.16. The van der Waals surface area contributed by atoms with Gasteiger partial charge in [-0.1, -0.05) is 22.9 Å². The Kier molecular flexibility index (Phi) is 3.31. The summed E-state index contributed by atoms with van der Waals surface area (Å²) >= 11 is 7.18. The van der Waals surface area contributed by atoms with Crippen LogP contribution in [-0.4, -0.2) is 23.7 Å². The molecule has 0 aliphatic heterocycles. The van der Waals surface area contributed by atoms with E-state index in [0.717, 1.165) is 16.6 Å². The van der Waals surface area contributed by atoms with Crippen molar-refractivity contribution in [1.82, 2.24) is 4.98 Å². The molecule has 1 heterocycles. The average molecular weight is 207 g/mol. The molecule has 0 atom stereocenters. The Morgan fingerprint density at radius 1 is 1.67 bits per heavy atom. The van der Waals surface area contributed by atoms with Crippen LogP contribution in [-0.2, 0) is 6.61 Å². The molecule has 1 N–H and O–H groups in total. The normalized spacial score (nSPS) is 10.3. The number of rotatable bonds is 3. The maximum Gasteiger partial charge on any atom is 0.186 e. The van der Waals surface area contributed by atoms with Gasteiger partial charge in [-0.3, -0.25) is 0 Å². The van der Waals surface area contributed by atoms with E-state index in [1.807, 2.05) is 18.9 Å². The molecule has 0 unspecified atom stereocenters. The maximum absolute atomic E-state index is 8.85. The van der Waals surface area contributed by atoms with Crippen LogP contribution in [0.3, 0.4) is 0 Å². The van der Waals surface area contributed by atoms with Gasteiger partial charge in [0, 0.05) is 13.6 Å². The summed E-state index contributed by atoms with van der Waals surface area (Å²) in [6.45, 7) is 2.89. The number of aliphatic hydroxyl groups is 1. The Morgan fingerprint density at radius 2 is 2.33 bits per heavy atom. The third kappa shape index (κ3) is 1.88. The minimum Gasteiger partial charge on any atom is -0.391 e. The Bertz CT molecular complexity index is 264. The van der Waals surface area contributed by atoms with Crippen LogP contribution in [0.15, 0.2) is 0 Å². The summed E-state index contributed by atoms with van der Waals surface area (Å²) in [5, 5.41) is 10.1. The van der Waals surface area contributed by atoms with Crippen molar-refractivity contribution >= 4 is 28.1 Å². The molecule has 12 heavy (non-hydrogen) atoms. The summed E-state index contributed by atoms with van der Waals surface area (Å²) in [6, 6.07) is 0. The second kappa shape index (κ2) is 4.07. The maximum atomic E-state index is 8.85. The van der Waals surface area contributed by atoms with Gasteiger partial charge in [-0.2, -0.15) is 0 Å². The quantitative estimate of drug-likeness (QED) is 0.819. The highest BCUT2D eigenvalue weighted by Gasteiger charge is 2.09. The monoisotopic (exact) mass is 206 g/mol. The van der Waals surface area contributed by atoms with Gasteiger partial charge >= 0.3 is 0 Å². The van der Waals surface area contributed by atoms with E-state index < -0.39 is 0 Å². The summed E-state index contributed by atoms with van der Waals surface area (Å²) in [5.74, 6) is 0. The lowest BCUT2D eigenvalue weighted by Gasteiger charge is -2.10. The molecule has 0 spiro atoms. The smallest absolute Gasteiger partial charge is 0.186 e. The predicted octanol–water partition coefficient (Wildman–Crippen LogP) is 1.74. The van der Waals surface area contributed by atoms with Crippen molar-refractivity contribution in [1.29, 1.82) is 0 Å². The molecule has 0 amide bonds. The van der Waals surface area contributed by atoms with E-state index >= 15 is 0 Å². The summed E-state index contributed by atoms with van der Waals surface area (Å²) in [5.41, 5.74) is 0. The molecular formula is C7H11ClN2OS. The number of aromatic nitrogens is 1. The van der Waals surface area contributed by atoms with Crippen LogP contribution >= 0.6 is 22.9 Å². The standard InChI is InChI=1S/C7H11ClN2OS/c1-3-10(2)7-9-6(8)5(4-11)12-7/h11H,3-4H2,1-2H3. The zero-order valence-corrected chi connectivity index (χ0v) is 8.61. The second-order valence-electron chi connectivity index (χ2n) is 2.38. The number of hydrogen-bond donors (Lipinski definition) is 1. The Morgan fingerprint density at radius 3 is 2.75 bits per heavy atom. The lowest BCUT2D eigenvalue weighted by atomic mass is 10.6. The van der Waals surface area contributed by atoms with Gasteiger partial charge in [0.2, 0.25) is 0 Å². The molecule has 1 rings (SSSR count). The first-order valence-electron chi connectivity index (χ1n) is 3.66. The summed E-state index contributed by atoms with van der Waals surface area (Å²) in [6.07, 6.45) is 0. The first-order chi connectivity index (χ1) is 5.69. The average Bonchev–Trinajstić information content (AvgIpc) is 2.45. The fraction of sp³-hybridized carbons (Fsp3) is 0.571. The molecule has 0 radical (unpaired) electrons. The Balaban J connectivity index is 2.88. The highest BCUT2D eigenvalue weighted by molar-refractivity contribution is 7.16. The molecule has 0 saturated heterocycles. The van der Waals surface area contributed by atoms with Crippen LogP contribution in [0.25, 0.3) is 0 Å². The van der Waals surface area contributed by atoms with E-state index in [1.54, 1.807) is 0 Å². The van der Waals surface area contributed by atoms with Crippen molar-refractivity contribution in [2.45, 2.75) is 13.5 Å². The van der Waals surface area contributed by atoms with Crippen molar-refractivity contribution in [3.05, 3.63) is 10.0 Å². The number of nitrogens with zero attached hydrogens (tertiary/aromatic N) is 2. The first kappa shape index (κ1) is 9.77. The van der Waals surface area contributed by atoms with E-state index in [1.165, 1.54) is 11.3 Å². The lowest BCUT2D eigenvalue weighted by molar-refractivity contribution is 0.285. The highest BCUT2D eigenvalue weighted by Crippen LogP contribution is 2.28. The summed E-state index contributed by atoms with van der Waals surface area (Å²) in [7, 11) is 1.94. The van der Waals surface area contributed by atoms with Gasteiger partial charge in [-0.05, 0) is 6.92 Å². The molecule has 5 heteroatoms. The van der Waals surface area contributed by atoms with Crippen molar-refractivity contribution in [2.24, 2.45) is 0 Å². The molecule has 0 fully saturated rings. The molecule has 0 aliphatic carbocycles. The molecule has 0 saturated carbocycles. The van der Waals surface area contributed by atoms with Gasteiger partial charge < -0.3 is 10.0 Å². The molecule has 1 aromatic heterocycles. The molecule has 68 valence electrons. The number of halogens is 1. The summed E-state index contributed by atoms with van der Waals surface area (Å²) in [4.78, 5) is 6.81. The number of hydrogen-bond acceptors (Lipinski definition) is 4. The topological polar surface area (TPSA) is 36.4 Å². The van der Waals surface area contributed by atoms with Crippen molar-refractivity contribution in [2.75, 3.05) is 18.5 Å². The van der Waals surface area contributed by atoms with E-state index in [2.05, 4.69) is 4.98 Å². The van der Waals surface area contributed by atoms with E-state index in [4.69, 9.17) is 16.7 Å². The van der Waals surface area contributed by atoms with E-state index in [-0.39, 0.29) is 6.61 Å². The molecule has 0 aromatic carbocycles. The molecule has 3 nitrogen and oxygen atoms in total. The van der Waals surface area contributed by atoms with Gasteiger partial charge in [-0.25, -0.2) is 4.98 Å². The van der Waals surface area contributed by atoms with E-state index in [9.17, 15) is 0 Å². The minimum absolute atomic E-state index is 0.0337. The van der Waals surface area contributed by atoms with Crippen molar-refractivity contribution in [3.63, 3.8) is 0 Å². The fourth-order valence-corrected chi connectivity index (χ4v) is 1.86. The summed E-state index contributed by atoms with van der Waals surface area (Å²) < 4.78 is 0. The minimum atomic E-state index is -0.0337. The molecule has 1 aromatic rings. The van der Waals surface area contributed by atoms with Crippen LogP contribution in [0.4, 0.5) is 5.13 Å². The molecule has 0 aliphatic rings. The molecular weight excluding hydrogens is 196 g/mol. The SMILES string of the molecule is CCN(C)c1nc(Cl)c(CO)s1. The van der Waals surface area contributed by atoms with Gasteiger partial charge in [0.25, 0.3) is 0 Å². The van der Waals surface area contributed by atoms with Crippen molar-refractivity contribution in [3.8, 4) is 0 Å². The number of aliphatic hydroxyl groups excluding tert-OH is 1. The van der Waals surface area contributed by atoms with Crippen LogP contribution in [0.5, 0.6) is 0 Å². The highest BCUT2D eigenvalue weighted by atomic mass is 35.5. The third-order valence-electron chi connectivity index (χ3n) is 1.58. The van der Waals surface area contributed by atoms with E-state index in [0.29, 0.717) is 5.15 Å². The van der Waals surface area contributed by atoms with Crippen molar-refractivity contribution < 1.29 is 5.11 Å². The zero-order valence-electron chi connectivity index (χ0n) is 7.04. The fourth-order valence-electron chi connectivity index (χ4n) is 0.717. The van der Waals surface area contributed by atoms with Gasteiger partial charge in [0.1, 0.15) is 5.15 Å². The molecule has 0 bridgehead atoms. The van der Waals surface area contributed by atoms with Crippen LogP contribution < -0.4 is 4.90 Å². The number of thiazole rings is 1. The Hall–Kier alpha value is -0.320. The van der Waals surface area contributed by atoms with Crippen LogP contribution in [0, 0.1) is 0 Å². The van der Waals surface area contributed by atoms with Gasteiger partial charge in [0.15, 0.2) is 5.13 Å². The first-order valence-corrected chi connectivity index (χ1v) is 4.85. The van der Waals surface area contributed by atoms with Gasteiger partial charge in [0.05, 0.1) is 11.5 Å². The zero-order chi connectivity index (χ0) is 9.14. The second-order valence-corrected chi connectivity index (χ2v) is 3.80.